The first-order valence-corrected chi connectivity index (χ1v) is 4.52. The van der Waals surface area contributed by atoms with Crippen molar-refractivity contribution in [2.75, 3.05) is 12.4 Å². The van der Waals surface area contributed by atoms with E-state index in [1.165, 1.54) is 12.5 Å². The molecule has 1 amide bonds. The Morgan fingerprint density at radius 3 is 3.00 bits per heavy atom. The molecular weight excluding hydrogens is 204 g/mol. The number of nitrogens with zero attached hydrogens (tertiary/aromatic N) is 1. The summed E-state index contributed by atoms with van der Waals surface area (Å²) in [4.78, 5) is 25.7. The fraction of sp³-hybridized carbons (Fsp3) is 0.125. The van der Waals surface area contributed by atoms with E-state index < -0.39 is 5.97 Å². The fourth-order valence-electron chi connectivity index (χ4n) is 0.686. The number of thiazole rings is 1. The minimum absolute atomic E-state index is 0.178. The van der Waals surface area contributed by atoms with E-state index in [1.54, 1.807) is 0 Å². The Kier molecular flexibility index (Phi) is 3.35. The molecule has 74 valence electrons. The van der Waals surface area contributed by atoms with Crippen molar-refractivity contribution in [3.63, 3.8) is 0 Å². The van der Waals surface area contributed by atoms with Crippen LogP contribution >= 0.6 is 11.3 Å². The maximum Gasteiger partial charge on any atom is 0.357 e. The first-order chi connectivity index (χ1) is 6.67. The Morgan fingerprint density at radius 2 is 2.43 bits per heavy atom. The number of hydrogen-bond donors (Lipinski definition) is 1. The summed E-state index contributed by atoms with van der Waals surface area (Å²) < 4.78 is 4.45. The van der Waals surface area contributed by atoms with Crippen LogP contribution in [0, 0.1) is 0 Å². The number of nitrogens with one attached hydrogen (secondary N) is 1. The number of amides is 1. The molecule has 1 aromatic heterocycles. The van der Waals surface area contributed by atoms with Crippen molar-refractivity contribution in [1.29, 1.82) is 0 Å². The van der Waals surface area contributed by atoms with Crippen LogP contribution in [0.5, 0.6) is 0 Å². The van der Waals surface area contributed by atoms with Crippen LogP contribution in [0.25, 0.3) is 0 Å². The van der Waals surface area contributed by atoms with Crippen LogP contribution < -0.4 is 5.32 Å². The third kappa shape index (κ3) is 2.40. The quantitative estimate of drug-likeness (QED) is 0.600. The number of rotatable bonds is 3. The number of methoxy groups -OCH3 is 1. The highest BCUT2D eigenvalue weighted by Crippen LogP contribution is 2.15. The van der Waals surface area contributed by atoms with Gasteiger partial charge in [0.15, 0.2) is 10.8 Å². The zero-order valence-corrected chi connectivity index (χ0v) is 8.26. The highest BCUT2D eigenvalue weighted by Gasteiger charge is 2.10. The van der Waals surface area contributed by atoms with E-state index in [0.29, 0.717) is 5.13 Å². The molecule has 0 spiro atoms. The molecule has 1 rings (SSSR count). The summed E-state index contributed by atoms with van der Waals surface area (Å²) in [5.74, 6) is -0.892. The van der Waals surface area contributed by atoms with Crippen LogP contribution in [-0.4, -0.2) is 24.0 Å². The molecule has 0 aliphatic rings. The summed E-state index contributed by atoms with van der Waals surface area (Å²) in [5.41, 5.74) is 0.178. The van der Waals surface area contributed by atoms with E-state index in [9.17, 15) is 9.59 Å². The summed E-state index contributed by atoms with van der Waals surface area (Å²) in [6, 6.07) is 0. The molecule has 0 saturated carbocycles. The van der Waals surface area contributed by atoms with E-state index in [4.69, 9.17) is 0 Å². The molecule has 1 heterocycles. The topological polar surface area (TPSA) is 68.3 Å². The first kappa shape index (κ1) is 10.4. The molecule has 1 N–H and O–H groups in total. The van der Waals surface area contributed by atoms with E-state index in [1.807, 2.05) is 0 Å². The molecule has 5 nitrogen and oxygen atoms in total. The maximum atomic E-state index is 11.0. The van der Waals surface area contributed by atoms with Crippen molar-refractivity contribution >= 4 is 28.3 Å². The number of ether oxygens (including phenoxy) is 1. The second kappa shape index (κ2) is 4.52. The number of aromatic nitrogens is 1. The first-order valence-electron chi connectivity index (χ1n) is 3.64. The van der Waals surface area contributed by atoms with Gasteiger partial charge in [-0.15, -0.1) is 11.3 Å². The number of anilines is 1. The van der Waals surface area contributed by atoms with Crippen molar-refractivity contribution in [1.82, 2.24) is 4.98 Å². The molecule has 0 aliphatic heterocycles. The van der Waals surface area contributed by atoms with Crippen molar-refractivity contribution in [3.8, 4) is 0 Å². The Bertz CT molecular complexity index is 372. The number of carbonyl (C=O) groups excluding carboxylic acids is 2. The lowest BCUT2D eigenvalue weighted by molar-refractivity contribution is -0.111. The average molecular weight is 212 g/mol. The van der Waals surface area contributed by atoms with Gasteiger partial charge in [-0.05, 0) is 6.08 Å². The molecule has 0 unspecified atom stereocenters. The second-order valence-electron chi connectivity index (χ2n) is 2.22. The van der Waals surface area contributed by atoms with Gasteiger partial charge < -0.3 is 4.74 Å². The van der Waals surface area contributed by atoms with E-state index >= 15 is 0 Å². The van der Waals surface area contributed by atoms with Crippen molar-refractivity contribution in [3.05, 3.63) is 23.7 Å². The Balaban J connectivity index is 2.73. The molecule has 6 heteroatoms. The molecule has 0 atom stereocenters. The summed E-state index contributed by atoms with van der Waals surface area (Å²) in [5, 5.41) is 4.28. The van der Waals surface area contributed by atoms with Gasteiger partial charge in [0.25, 0.3) is 0 Å². The van der Waals surface area contributed by atoms with Gasteiger partial charge in [-0.2, -0.15) is 0 Å². The SMILES string of the molecule is C=CC(=O)Nc1nc(C(=O)OC)cs1. The van der Waals surface area contributed by atoms with Crippen molar-refractivity contribution in [2.45, 2.75) is 0 Å². The van der Waals surface area contributed by atoms with Gasteiger partial charge in [0.2, 0.25) is 5.91 Å². The van der Waals surface area contributed by atoms with Gasteiger partial charge in [0.1, 0.15) is 0 Å². The number of hydrogen-bond acceptors (Lipinski definition) is 5. The zero-order valence-electron chi connectivity index (χ0n) is 7.44. The minimum Gasteiger partial charge on any atom is -0.464 e. The molecular formula is C8H8N2O3S. The average Bonchev–Trinajstić information content (AvgIpc) is 2.65. The third-order valence-corrected chi connectivity index (χ3v) is 2.07. The van der Waals surface area contributed by atoms with Gasteiger partial charge in [-0.25, -0.2) is 9.78 Å². The summed E-state index contributed by atoms with van der Waals surface area (Å²) in [6.45, 7) is 3.29. The molecule has 1 aromatic rings. The second-order valence-corrected chi connectivity index (χ2v) is 3.08. The van der Waals surface area contributed by atoms with Crippen LogP contribution in [0.2, 0.25) is 0 Å². The predicted octanol–water partition coefficient (Wildman–Crippen LogP) is 1.05. The smallest absolute Gasteiger partial charge is 0.357 e. The Morgan fingerprint density at radius 1 is 1.71 bits per heavy atom. The predicted molar refractivity (Wildman–Crippen MR) is 52.3 cm³/mol. The molecule has 0 aliphatic carbocycles. The van der Waals surface area contributed by atoms with Gasteiger partial charge in [0, 0.05) is 5.38 Å². The summed E-state index contributed by atoms with van der Waals surface area (Å²) in [6.07, 6.45) is 1.12. The van der Waals surface area contributed by atoms with Crippen LogP contribution in [-0.2, 0) is 9.53 Å². The van der Waals surface area contributed by atoms with Gasteiger partial charge in [0.05, 0.1) is 7.11 Å². The summed E-state index contributed by atoms with van der Waals surface area (Å²) in [7, 11) is 1.27. The number of carbonyl (C=O) groups is 2. The van der Waals surface area contributed by atoms with Gasteiger partial charge >= 0.3 is 5.97 Å². The third-order valence-electron chi connectivity index (χ3n) is 1.31. The normalized spacial score (nSPS) is 9.21. The molecule has 14 heavy (non-hydrogen) atoms. The zero-order chi connectivity index (χ0) is 10.6. The fourth-order valence-corrected chi connectivity index (χ4v) is 1.37. The van der Waals surface area contributed by atoms with Crippen LogP contribution in [0.4, 0.5) is 5.13 Å². The van der Waals surface area contributed by atoms with Gasteiger partial charge in [-0.1, -0.05) is 6.58 Å². The molecule has 0 aromatic carbocycles. The highest BCUT2D eigenvalue weighted by atomic mass is 32.1. The van der Waals surface area contributed by atoms with Gasteiger partial charge in [-0.3, -0.25) is 10.1 Å². The van der Waals surface area contributed by atoms with Crippen molar-refractivity contribution in [2.24, 2.45) is 0 Å². The monoisotopic (exact) mass is 212 g/mol. The Hall–Kier alpha value is -1.69. The lowest BCUT2D eigenvalue weighted by atomic mass is 10.5. The molecule has 0 fully saturated rings. The van der Waals surface area contributed by atoms with Crippen LogP contribution in [0.1, 0.15) is 10.5 Å². The minimum atomic E-state index is -0.527. The lowest BCUT2D eigenvalue weighted by Gasteiger charge is -1.94. The Labute approximate surface area is 84.4 Å². The van der Waals surface area contributed by atoms with Crippen molar-refractivity contribution < 1.29 is 14.3 Å². The largest absolute Gasteiger partial charge is 0.464 e. The standard InChI is InChI=1S/C8H8N2O3S/c1-3-6(11)10-8-9-5(4-14-8)7(12)13-2/h3-4H,1H2,2H3,(H,9,10,11). The van der Waals surface area contributed by atoms with E-state index in [-0.39, 0.29) is 11.6 Å². The van der Waals surface area contributed by atoms with E-state index in [0.717, 1.165) is 17.4 Å². The maximum absolute atomic E-state index is 11.0. The number of esters is 1. The highest BCUT2D eigenvalue weighted by molar-refractivity contribution is 7.14. The lowest BCUT2D eigenvalue weighted by Crippen LogP contribution is -2.08. The summed E-state index contributed by atoms with van der Waals surface area (Å²) >= 11 is 1.15. The van der Waals surface area contributed by atoms with Crippen LogP contribution in [0.15, 0.2) is 18.0 Å². The molecule has 0 saturated heterocycles. The molecule has 0 bridgehead atoms. The molecule has 0 radical (unpaired) electrons. The van der Waals surface area contributed by atoms with E-state index in [2.05, 4.69) is 21.6 Å². The van der Waals surface area contributed by atoms with Crippen LogP contribution in [0.3, 0.4) is 0 Å².